The second kappa shape index (κ2) is 6.41. The quantitative estimate of drug-likeness (QED) is 0.911. The molecule has 2 aromatic rings. The molecule has 1 N–H and O–H groups in total. The van der Waals surface area contributed by atoms with Gasteiger partial charge in [-0.05, 0) is 23.8 Å². The van der Waals surface area contributed by atoms with Crippen LogP contribution in [0.15, 0.2) is 59.1 Å². The maximum atomic E-state index is 12.1. The Hall–Kier alpha value is -1.65. The molecule has 3 nitrogen and oxygen atoms in total. The molecule has 4 heteroatoms. The van der Waals surface area contributed by atoms with Crippen LogP contribution in [-0.2, 0) is 9.53 Å². The lowest BCUT2D eigenvalue weighted by Crippen LogP contribution is -2.30. The standard InChI is InChI=1S/C17H16BrNO2/c18-13-7-4-8-14(11-13)19-16(12-5-2-1-3-6-12)17-15(20)9-10-21-17/h1-8,11,16-17,19H,9-10H2/t16-,17-/m0/s1. The van der Waals surface area contributed by atoms with Gasteiger partial charge in [-0.15, -0.1) is 0 Å². The van der Waals surface area contributed by atoms with Crippen molar-refractivity contribution >= 4 is 27.4 Å². The Kier molecular flexibility index (Phi) is 4.36. The zero-order valence-corrected chi connectivity index (χ0v) is 13.0. The minimum atomic E-state index is -0.425. The van der Waals surface area contributed by atoms with E-state index in [0.717, 1.165) is 15.7 Å². The van der Waals surface area contributed by atoms with Crippen molar-refractivity contribution < 1.29 is 9.53 Å². The predicted molar refractivity (Wildman–Crippen MR) is 86.3 cm³/mol. The molecule has 2 aromatic carbocycles. The zero-order valence-electron chi connectivity index (χ0n) is 11.5. The summed E-state index contributed by atoms with van der Waals surface area (Å²) in [5, 5.41) is 3.43. The monoisotopic (exact) mass is 345 g/mol. The zero-order chi connectivity index (χ0) is 14.7. The maximum absolute atomic E-state index is 12.1. The number of nitrogens with one attached hydrogen (secondary N) is 1. The Balaban J connectivity index is 1.91. The van der Waals surface area contributed by atoms with E-state index < -0.39 is 6.10 Å². The van der Waals surface area contributed by atoms with Crippen LogP contribution in [0.5, 0.6) is 0 Å². The molecule has 21 heavy (non-hydrogen) atoms. The minimum absolute atomic E-state index is 0.159. The Morgan fingerprint density at radius 2 is 1.95 bits per heavy atom. The third kappa shape index (κ3) is 3.34. The van der Waals surface area contributed by atoms with E-state index in [0.29, 0.717) is 13.0 Å². The van der Waals surface area contributed by atoms with Gasteiger partial charge in [-0.3, -0.25) is 4.79 Å². The van der Waals surface area contributed by atoms with Crippen LogP contribution in [0.1, 0.15) is 18.0 Å². The van der Waals surface area contributed by atoms with Crippen molar-refractivity contribution in [2.24, 2.45) is 0 Å². The molecule has 1 aliphatic heterocycles. The first kappa shape index (κ1) is 14.3. The third-order valence-corrected chi connectivity index (χ3v) is 4.06. The molecule has 1 aliphatic rings. The van der Waals surface area contributed by atoms with Crippen molar-refractivity contribution in [1.29, 1.82) is 0 Å². The molecule has 3 rings (SSSR count). The van der Waals surface area contributed by atoms with Gasteiger partial charge in [0.25, 0.3) is 0 Å². The first-order chi connectivity index (χ1) is 10.2. The number of carbonyl (C=O) groups is 1. The Labute approximate surface area is 132 Å². The van der Waals surface area contributed by atoms with Gasteiger partial charge in [0.15, 0.2) is 5.78 Å². The number of rotatable bonds is 4. The molecule has 0 radical (unpaired) electrons. The number of ketones is 1. The normalized spacial score (nSPS) is 19.5. The van der Waals surface area contributed by atoms with Crippen molar-refractivity contribution in [1.82, 2.24) is 0 Å². The molecule has 0 spiro atoms. The van der Waals surface area contributed by atoms with E-state index in [9.17, 15) is 4.79 Å². The lowest BCUT2D eigenvalue weighted by atomic mass is 9.98. The molecule has 2 atom stereocenters. The fraction of sp³-hybridized carbons (Fsp3) is 0.235. The fourth-order valence-corrected chi connectivity index (χ4v) is 2.96. The number of benzene rings is 2. The summed E-state index contributed by atoms with van der Waals surface area (Å²) in [5.74, 6) is 0.159. The molecular weight excluding hydrogens is 330 g/mol. The van der Waals surface area contributed by atoms with E-state index in [2.05, 4.69) is 21.2 Å². The van der Waals surface area contributed by atoms with E-state index in [-0.39, 0.29) is 11.8 Å². The molecular formula is C17H16BrNO2. The van der Waals surface area contributed by atoms with Crippen LogP contribution in [0.2, 0.25) is 0 Å². The highest BCUT2D eigenvalue weighted by atomic mass is 79.9. The van der Waals surface area contributed by atoms with Gasteiger partial charge in [0.2, 0.25) is 0 Å². The molecule has 0 saturated carbocycles. The van der Waals surface area contributed by atoms with Gasteiger partial charge < -0.3 is 10.1 Å². The molecule has 1 fully saturated rings. The number of halogens is 1. The van der Waals surface area contributed by atoms with Crippen LogP contribution in [0.25, 0.3) is 0 Å². The second-order valence-electron chi connectivity index (χ2n) is 5.05. The Bertz CT molecular complexity index is 630. The molecule has 0 aromatic heterocycles. The summed E-state index contributed by atoms with van der Waals surface area (Å²) in [5.41, 5.74) is 2.01. The molecule has 0 bridgehead atoms. The largest absolute Gasteiger partial charge is 0.375 e. The van der Waals surface area contributed by atoms with Crippen LogP contribution >= 0.6 is 15.9 Å². The van der Waals surface area contributed by atoms with Crippen molar-refractivity contribution in [3.05, 3.63) is 64.6 Å². The number of anilines is 1. The summed E-state index contributed by atoms with van der Waals surface area (Å²) in [7, 11) is 0. The summed E-state index contributed by atoms with van der Waals surface area (Å²) in [6.07, 6.45) is 0.0696. The van der Waals surface area contributed by atoms with Crippen molar-refractivity contribution in [3.63, 3.8) is 0 Å². The topological polar surface area (TPSA) is 38.3 Å². The highest BCUT2D eigenvalue weighted by molar-refractivity contribution is 9.10. The van der Waals surface area contributed by atoms with Crippen LogP contribution < -0.4 is 5.32 Å². The number of ether oxygens (including phenoxy) is 1. The highest BCUT2D eigenvalue weighted by Crippen LogP contribution is 2.29. The molecule has 1 saturated heterocycles. The number of Topliss-reactive ketones (excluding diaryl/α,β-unsaturated/α-hetero) is 1. The first-order valence-corrected chi connectivity index (χ1v) is 7.75. The Morgan fingerprint density at radius 3 is 2.62 bits per heavy atom. The van der Waals surface area contributed by atoms with E-state index >= 15 is 0 Å². The van der Waals surface area contributed by atoms with Crippen LogP contribution in [0.3, 0.4) is 0 Å². The first-order valence-electron chi connectivity index (χ1n) is 6.95. The van der Waals surface area contributed by atoms with Crippen LogP contribution in [-0.4, -0.2) is 18.5 Å². The predicted octanol–water partition coefficient (Wildman–Crippen LogP) is 3.96. The fourth-order valence-electron chi connectivity index (χ4n) is 2.56. The summed E-state index contributed by atoms with van der Waals surface area (Å²) in [6.45, 7) is 0.507. The molecule has 0 aliphatic carbocycles. The second-order valence-corrected chi connectivity index (χ2v) is 5.97. The molecule has 0 amide bonds. The summed E-state index contributed by atoms with van der Waals surface area (Å²) in [4.78, 5) is 12.1. The molecule has 108 valence electrons. The average Bonchev–Trinajstić information content (AvgIpc) is 2.92. The molecule has 0 unspecified atom stereocenters. The minimum Gasteiger partial charge on any atom is -0.375 e. The summed E-state index contributed by atoms with van der Waals surface area (Å²) in [6, 6.07) is 17.7. The van der Waals surface area contributed by atoms with Gasteiger partial charge >= 0.3 is 0 Å². The van der Waals surface area contributed by atoms with Crippen LogP contribution in [0.4, 0.5) is 5.69 Å². The third-order valence-electron chi connectivity index (χ3n) is 3.57. The number of hydrogen-bond donors (Lipinski definition) is 1. The number of hydrogen-bond acceptors (Lipinski definition) is 3. The summed E-state index contributed by atoms with van der Waals surface area (Å²) >= 11 is 3.47. The maximum Gasteiger partial charge on any atom is 0.166 e. The van der Waals surface area contributed by atoms with E-state index in [4.69, 9.17) is 4.74 Å². The van der Waals surface area contributed by atoms with Crippen LogP contribution in [0, 0.1) is 0 Å². The van der Waals surface area contributed by atoms with Gasteiger partial charge in [0, 0.05) is 16.6 Å². The van der Waals surface area contributed by atoms with Crippen molar-refractivity contribution in [3.8, 4) is 0 Å². The van der Waals surface area contributed by atoms with Crippen molar-refractivity contribution in [2.75, 3.05) is 11.9 Å². The lowest BCUT2D eigenvalue weighted by Gasteiger charge is -2.25. The average molecular weight is 346 g/mol. The van der Waals surface area contributed by atoms with Gasteiger partial charge in [0.05, 0.1) is 12.6 Å². The highest BCUT2D eigenvalue weighted by Gasteiger charge is 2.34. The summed E-state index contributed by atoms with van der Waals surface area (Å²) < 4.78 is 6.66. The SMILES string of the molecule is O=C1CCO[C@@H]1[C@@H](Nc1cccc(Br)c1)c1ccccc1. The van der Waals surface area contributed by atoms with Gasteiger partial charge in [-0.25, -0.2) is 0 Å². The van der Waals surface area contributed by atoms with Gasteiger partial charge in [-0.2, -0.15) is 0 Å². The smallest absolute Gasteiger partial charge is 0.166 e. The van der Waals surface area contributed by atoms with Gasteiger partial charge in [-0.1, -0.05) is 52.3 Å². The van der Waals surface area contributed by atoms with Gasteiger partial charge in [0.1, 0.15) is 6.10 Å². The molecule has 1 heterocycles. The lowest BCUT2D eigenvalue weighted by molar-refractivity contribution is -0.122. The van der Waals surface area contributed by atoms with E-state index in [1.165, 1.54) is 0 Å². The van der Waals surface area contributed by atoms with E-state index in [1.807, 2.05) is 54.6 Å². The number of carbonyl (C=O) groups excluding carboxylic acids is 1. The Morgan fingerprint density at radius 1 is 1.14 bits per heavy atom. The van der Waals surface area contributed by atoms with E-state index in [1.54, 1.807) is 0 Å². The van der Waals surface area contributed by atoms with Crippen molar-refractivity contribution in [2.45, 2.75) is 18.6 Å².